The standard InChI is InChI=1S/C6H11N3O5/c7-9-8-3(1-10)5(13)6(14)4(12)2-11/h1,3-6,11-14H,2H2/t3-,4-,5+,6-/m1/s1. The zero-order valence-electron chi connectivity index (χ0n) is 7.13. The van der Waals surface area contributed by atoms with Gasteiger partial charge in [0.2, 0.25) is 0 Å². The minimum atomic E-state index is -1.75. The second-order valence-electron chi connectivity index (χ2n) is 2.56. The maximum absolute atomic E-state index is 10.3. The van der Waals surface area contributed by atoms with Gasteiger partial charge in [-0.25, -0.2) is 0 Å². The van der Waals surface area contributed by atoms with Gasteiger partial charge in [-0.1, -0.05) is 5.11 Å². The molecule has 0 aromatic carbocycles. The van der Waals surface area contributed by atoms with Crippen molar-refractivity contribution in [3.8, 4) is 0 Å². The van der Waals surface area contributed by atoms with Gasteiger partial charge in [-0.05, 0) is 5.53 Å². The summed E-state index contributed by atoms with van der Waals surface area (Å²) in [6.45, 7) is -0.778. The molecule has 0 amide bonds. The molecule has 80 valence electrons. The Balaban J connectivity index is 4.47. The lowest BCUT2D eigenvalue weighted by Gasteiger charge is -2.22. The van der Waals surface area contributed by atoms with E-state index in [-0.39, 0.29) is 6.29 Å². The summed E-state index contributed by atoms with van der Waals surface area (Å²) in [5.41, 5.74) is 7.99. The summed E-state index contributed by atoms with van der Waals surface area (Å²) in [7, 11) is 0. The number of rotatable bonds is 6. The Morgan fingerprint density at radius 2 is 1.93 bits per heavy atom. The molecule has 0 saturated carbocycles. The molecule has 0 fully saturated rings. The van der Waals surface area contributed by atoms with Gasteiger partial charge in [-0.3, -0.25) is 0 Å². The first-order valence-electron chi connectivity index (χ1n) is 3.73. The van der Waals surface area contributed by atoms with Crippen LogP contribution in [-0.2, 0) is 4.79 Å². The molecule has 0 saturated heterocycles. The van der Waals surface area contributed by atoms with Crippen molar-refractivity contribution in [1.29, 1.82) is 0 Å². The molecule has 0 aromatic rings. The van der Waals surface area contributed by atoms with Gasteiger partial charge >= 0.3 is 0 Å². The Labute approximate surface area is 79.0 Å². The summed E-state index contributed by atoms with van der Waals surface area (Å²) in [6.07, 6.45) is -4.95. The van der Waals surface area contributed by atoms with Crippen LogP contribution in [0.3, 0.4) is 0 Å². The predicted octanol–water partition coefficient (Wildman–Crippen LogP) is -2.06. The van der Waals surface area contributed by atoms with E-state index in [0.29, 0.717) is 0 Å². The quantitative estimate of drug-likeness (QED) is 0.170. The van der Waals surface area contributed by atoms with Crippen LogP contribution in [0.4, 0.5) is 0 Å². The van der Waals surface area contributed by atoms with E-state index in [2.05, 4.69) is 10.0 Å². The molecule has 8 heteroatoms. The van der Waals surface area contributed by atoms with Crippen molar-refractivity contribution in [2.75, 3.05) is 6.61 Å². The fourth-order valence-corrected chi connectivity index (χ4v) is 0.773. The van der Waals surface area contributed by atoms with Gasteiger partial charge in [0.15, 0.2) is 0 Å². The number of carbonyl (C=O) groups is 1. The van der Waals surface area contributed by atoms with Gasteiger partial charge in [-0.2, -0.15) is 0 Å². The van der Waals surface area contributed by atoms with Crippen molar-refractivity contribution in [1.82, 2.24) is 0 Å². The van der Waals surface area contributed by atoms with Crippen LogP contribution in [0.5, 0.6) is 0 Å². The number of carbonyl (C=O) groups excluding carboxylic acids is 1. The number of aliphatic hydroxyl groups is 4. The topological polar surface area (TPSA) is 147 Å². The molecule has 0 aliphatic rings. The summed E-state index contributed by atoms with van der Waals surface area (Å²) in [6, 6.07) is -1.49. The van der Waals surface area contributed by atoms with E-state index in [0.717, 1.165) is 0 Å². The summed E-state index contributed by atoms with van der Waals surface area (Å²) in [4.78, 5) is 12.5. The molecule has 0 unspecified atom stereocenters. The third kappa shape index (κ3) is 3.29. The SMILES string of the molecule is [N-]=[N+]=N[C@H](C=O)[C@H](O)[C@H](O)[C@H](O)CO. The molecule has 0 heterocycles. The molecule has 0 aromatic heterocycles. The summed E-state index contributed by atoms with van der Waals surface area (Å²) >= 11 is 0. The Morgan fingerprint density at radius 1 is 1.36 bits per heavy atom. The number of hydrogen-bond acceptors (Lipinski definition) is 6. The van der Waals surface area contributed by atoms with Gasteiger partial charge in [0.05, 0.1) is 12.7 Å². The minimum absolute atomic E-state index is 0.137. The maximum Gasteiger partial charge on any atom is 0.131 e. The Morgan fingerprint density at radius 3 is 2.29 bits per heavy atom. The highest BCUT2D eigenvalue weighted by atomic mass is 16.4. The average molecular weight is 205 g/mol. The van der Waals surface area contributed by atoms with E-state index >= 15 is 0 Å². The van der Waals surface area contributed by atoms with Gasteiger partial charge in [-0.15, -0.1) is 0 Å². The highest BCUT2D eigenvalue weighted by Crippen LogP contribution is 2.06. The van der Waals surface area contributed by atoms with E-state index in [1.807, 2.05) is 0 Å². The maximum atomic E-state index is 10.3. The van der Waals surface area contributed by atoms with Crippen molar-refractivity contribution in [3.63, 3.8) is 0 Å². The molecule has 0 spiro atoms. The second-order valence-corrected chi connectivity index (χ2v) is 2.56. The summed E-state index contributed by atoms with van der Waals surface area (Å²) in [5.74, 6) is 0. The first kappa shape index (κ1) is 12.8. The first-order valence-corrected chi connectivity index (χ1v) is 3.73. The normalized spacial score (nSPS) is 18.9. The molecular weight excluding hydrogens is 194 g/mol. The Hall–Kier alpha value is -1.18. The number of azide groups is 1. The van der Waals surface area contributed by atoms with Crippen LogP contribution < -0.4 is 0 Å². The number of nitrogens with zero attached hydrogens (tertiary/aromatic N) is 3. The highest BCUT2D eigenvalue weighted by molar-refractivity contribution is 5.59. The number of aliphatic hydroxyl groups excluding tert-OH is 4. The zero-order valence-corrected chi connectivity index (χ0v) is 7.13. The molecule has 4 atom stereocenters. The zero-order chi connectivity index (χ0) is 11.1. The predicted molar refractivity (Wildman–Crippen MR) is 44.1 cm³/mol. The Kier molecular flexibility index (Phi) is 5.77. The van der Waals surface area contributed by atoms with Gasteiger partial charge in [0, 0.05) is 4.91 Å². The van der Waals surface area contributed by atoms with Crippen molar-refractivity contribution in [2.24, 2.45) is 5.11 Å². The van der Waals surface area contributed by atoms with Crippen molar-refractivity contribution in [2.45, 2.75) is 24.4 Å². The molecule has 4 N–H and O–H groups in total. The van der Waals surface area contributed by atoms with E-state index in [9.17, 15) is 9.90 Å². The van der Waals surface area contributed by atoms with Gasteiger partial charge in [0.1, 0.15) is 24.5 Å². The van der Waals surface area contributed by atoms with E-state index in [1.165, 1.54) is 0 Å². The van der Waals surface area contributed by atoms with Crippen LogP contribution in [0, 0.1) is 0 Å². The fourth-order valence-electron chi connectivity index (χ4n) is 0.773. The monoisotopic (exact) mass is 205 g/mol. The van der Waals surface area contributed by atoms with Crippen molar-refractivity contribution >= 4 is 6.29 Å². The molecule has 14 heavy (non-hydrogen) atoms. The van der Waals surface area contributed by atoms with E-state index in [1.54, 1.807) is 0 Å². The Bertz CT molecular complexity index is 230. The molecule has 0 radical (unpaired) electrons. The van der Waals surface area contributed by atoms with Crippen LogP contribution in [0.1, 0.15) is 0 Å². The lowest BCUT2D eigenvalue weighted by molar-refractivity contribution is -0.118. The number of aldehydes is 1. The van der Waals surface area contributed by atoms with E-state index in [4.69, 9.17) is 20.9 Å². The molecule has 8 nitrogen and oxygen atoms in total. The third-order valence-corrected chi connectivity index (χ3v) is 1.61. The van der Waals surface area contributed by atoms with Crippen molar-refractivity contribution in [3.05, 3.63) is 10.4 Å². The van der Waals surface area contributed by atoms with Crippen molar-refractivity contribution < 1.29 is 25.2 Å². The fraction of sp³-hybridized carbons (Fsp3) is 0.833. The molecular formula is C6H11N3O5. The highest BCUT2D eigenvalue weighted by Gasteiger charge is 2.30. The summed E-state index contributed by atoms with van der Waals surface area (Å²) < 4.78 is 0. The van der Waals surface area contributed by atoms with E-state index < -0.39 is 31.0 Å². The van der Waals surface area contributed by atoms with Gasteiger partial charge < -0.3 is 25.2 Å². The van der Waals surface area contributed by atoms with Crippen LogP contribution >= 0.6 is 0 Å². The third-order valence-electron chi connectivity index (χ3n) is 1.61. The molecule has 0 aliphatic carbocycles. The summed E-state index contributed by atoms with van der Waals surface area (Å²) in [5, 5.41) is 38.5. The molecule has 0 bridgehead atoms. The average Bonchev–Trinajstić information content (AvgIpc) is 2.22. The second kappa shape index (κ2) is 6.30. The van der Waals surface area contributed by atoms with Gasteiger partial charge in [0.25, 0.3) is 0 Å². The van der Waals surface area contributed by atoms with Crippen LogP contribution in [-0.4, -0.2) is 57.7 Å². The first-order chi connectivity index (χ1) is 6.58. The minimum Gasteiger partial charge on any atom is -0.394 e. The lowest BCUT2D eigenvalue weighted by atomic mass is 10.0. The van der Waals surface area contributed by atoms with Crippen LogP contribution in [0.15, 0.2) is 5.11 Å². The largest absolute Gasteiger partial charge is 0.394 e. The molecule has 0 rings (SSSR count). The van der Waals surface area contributed by atoms with Crippen LogP contribution in [0.25, 0.3) is 10.4 Å². The lowest BCUT2D eigenvalue weighted by Crippen LogP contribution is -2.45. The number of hydrogen-bond donors (Lipinski definition) is 4. The van der Waals surface area contributed by atoms with Crippen LogP contribution in [0.2, 0.25) is 0 Å². The smallest absolute Gasteiger partial charge is 0.131 e. The molecule has 0 aliphatic heterocycles.